The summed E-state index contributed by atoms with van der Waals surface area (Å²) in [5.41, 5.74) is 1.23. The van der Waals surface area contributed by atoms with Gasteiger partial charge in [-0.25, -0.2) is 4.39 Å². The first kappa shape index (κ1) is 15.1. The Morgan fingerprint density at radius 2 is 1.80 bits per heavy atom. The zero-order valence-corrected chi connectivity index (χ0v) is 12.7. The van der Waals surface area contributed by atoms with Gasteiger partial charge in [-0.2, -0.15) is 0 Å². The van der Waals surface area contributed by atoms with Crippen LogP contribution in [0.1, 0.15) is 27.2 Å². The second-order valence-electron chi connectivity index (χ2n) is 6.78. The van der Waals surface area contributed by atoms with Gasteiger partial charge in [-0.15, -0.1) is 0 Å². The SMILES string of the molecule is CC(C)(C)CCN1CCN(c2ccc(O)c(F)c2)CC1. The van der Waals surface area contributed by atoms with Gasteiger partial charge < -0.3 is 10.0 Å². The lowest BCUT2D eigenvalue weighted by molar-refractivity contribution is 0.217. The molecule has 0 atom stereocenters. The molecule has 0 unspecified atom stereocenters. The highest BCUT2D eigenvalue weighted by molar-refractivity contribution is 5.49. The van der Waals surface area contributed by atoms with E-state index in [1.807, 2.05) is 0 Å². The first-order valence-electron chi connectivity index (χ1n) is 7.31. The molecule has 112 valence electrons. The molecule has 1 aliphatic heterocycles. The van der Waals surface area contributed by atoms with Crippen molar-refractivity contribution in [1.82, 2.24) is 4.90 Å². The number of benzene rings is 1. The Morgan fingerprint density at radius 1 is 1.15 bits per heavy atom. The Kier molecular flexibility index (Phi) is 4.53. The second kappa shape index (κ2) is 6.00. The minimum absolute atomic E-state index is 0.280. The molecular weight excluding hydrogens is 255 g/mol. The summed E-state index contributed by atoms with van der Waals surface area (Å²) < 4.78 is 13.4. The smallest absolute Gasteiger partial charge is 0.166 e. The lowest BCUT2D eigenvalue weighted by Crippen LogP contribution is -2.47. The van der Waals surface area contributed by atoms with Crippen molar-refractivity contribution < 1.29 is 9.50 Å². The fourth-order valence-electron chi connectivity index (χ4n) is 2.42. The predicted octanol–water partition coefficient (Wildman–Crippen LogP) is 3.09. The maximum Gasteiger partial charge on any atom is 0.166 e. The van der Waals surface area contributed by atoms with Gasteiger partial charge in [-0.05, 0) is 30.5 Å². The third kappa shape index (κ3) is 4.10. The summed E-state index contributed by atoms with van der Waals surface area (Å²) in [6.45, 7) is 11.8. The predicted molar refractivity (Wildman–Crippen MR) is 80.8 cm³/mol. The summed E-state index contributed by atoms with van der Waals surface area (Å²) in [6.07, 6.45) is 1.20. The van der Waals surface area contributed by atoms with Crippen LogP contribution in [0.3, 0.4) is 0 Å². The number of hydrogen-bond donors (Lipinski definition) is 1. The van der Waals surface area contributed by atoms with Crippen LogP contribution in [0.15, 0.2) is 18.2 Å². The van der Waals surface area contributed by atoms with Gasteiger partial charge in [0.05, 0.1) is 0 Å². The van der Waals surface area contributed by atoms with Gasteiger partial charge in [0.25, 0.3) is 0 Å². The first-order valence-corrected chi connectivity index (χ1v) is 7.31. The molecule has 2 rings (SSSR count). The maximum atomic E-state index is 13.4. The van der Waals surface area contributed by atoms with Crippen molar-refractivity contribution in [2.75, 3.05) is 37.6 Å². The van der Waals surface area contributed by atoms with Crippen molar-refractivity contribution in [3.63, 3.8) is 0 Å². The molecule has 1 saturated heterocycles. The molecule has 3 nitrogen and oxygen atoms in total. The zero-order valence-electron chi connectivity index (χ0n) is 12.7. The average Bonchev–Trinajstić information content (AvgIpc) is 2.39. The zero-order chi connectivity index (χ0) is 14.8. The van der Waals surface area contributed by atoms with E-state index in [0.29, 0.717) is 5.41 Å². The van der Waals surface area contributed by atoms with Crippen molar-refractivity contribution in [2.45, 2.75) is 27.2 Å². The first-order chi connectivity index (χ1) is 9.35. The highest BCUT2D eigenvalue weighted by Crippen LogP contribution is 2.24. The number of piperazine rings is 1. The van der Waals surface area contributed by atoms with Crippen molar-refractivity contribution >= 4 is 5.69 Å². The minimum Gasteiger partial charge on any atom is -0.505 e. The largest absolute Gasteiger partial charge is 0.505 e. The van der Waals surface area contributed by atoms with Crippen LogP contribution < -0.4 is 4.90 Å². The molecule has 1 aromatic rings. The topological polar surface area (TPSA) is 26.7 Å². The summed E-state index contributed by atoms with van der Waals surface area (Å²) in [6, 6.07) is 4.63. The number of nitrogens with zero attached hydrogens (tertiary/aromatic N) is 2. The molecule has 0 amide bonds. The monoisotopic (exact) mass is 280 g/mol. The van der Waals surface area contributed by atoms with Crippen LogP contribution in [0.5, 0.6) is 5.75 Å². The summed E-state index contributed by atoms with van der Waals surface area (Å²) in [7, 11) is 0. The van der Waals surface area contributed by atoms with Crippen molar-refractivity contribution in [3.8, 4) is 5.75 Å². The molecule has 1 N–H and O–H groups in total. The molecule has 0 saturated carbocycles. The Balaban J connectivity index is 1.86. The van der Waals surface area contributed by atoms with Crippen LogP contribution >= 0.6 is 0 Å². The van der Waals surface area contributed by atoms with Crippen LogP contribution in [0.4, 0.5) is 10.1 Å². The number of phenols is 1. The van der Waals surface area contributed by atoms with E-state index in [-0.39, 0.29) is 5.75 Å². The molecular formula is C16H25FN2O. The number of aromatic hydroxyl groups is 1. The number of rotatable bonds is 3. The van der Waals surface area contributed by atoms with Gasteiger partial charge in [0.15, 0.2) is 11.6 Å². The molecule has 0 bridgehead atoms. The van der Waals surface area contributed by atoms with E-state index in [1.54, 1.807) is 6.07 Å². The van der Waals surface area contributed by atoms with E-state index in [1.165, 1.54) is 18.6 Å². The lowest BCUT2D eigenvalue weighted by atomic mass is 9.92. The second-order valence-corrected chi connectivity index (χ2v) is 6.78. The Morgan fingerprint density at radius 3 is 2.35 bits per heavy atom. The van der Waals surface area contributed by atoms with E-state index >= 15 is 0 Å². The number of hydrogen-bond acceptors (Lipinski definition) is 3. The van der Waals surface area contributed by atoms with E-state index in [9.17, 15) is 9.50 Å². The molecule has 1 aromatic carbocycles. The third-order valence-electron chi connectivity index (χ3n) is 3.85. The van der Waals surface area contributed by atoms with E-state index in [2.05, 4.69) is 30.6 Å². The minimum atomic E-state index is -0.544. The average molecular weight is 280 g/mol. The van der Waals surface area contributed by atoms with Gasteiger partial charge in [0, 0.05) is 37.9 Å². The molecule has 4 heteroatoms. The molecule has 1 heterocycles. The molecule has 0 aliphatic carbocycles. The van der Waals surface area contributed by atoms with Crippen LogP contribution in [0.2, 0.25) is 0 Å². The summed E-state index contributed by atoms with van der Waals surface area (Å²) in [4.78, 5) is 4.65. The Bertz CT molecular complexity index is 448. The number of halogens is 1. The van der Waals surface area contributed by atoms with Crippen LogP contribution in [0.25, 0.3) is 0 Å². The summed E-state index contributed by atoms with van der Waals surface area (Å²) in [5, 5.41) is 9.23. The van der Waals surface area contributed by atoms with E-state index in [0.717, 1.165) is 38.4 Å². The van der Waals surface area contributed by atoms with Crippen LogP contribution in [0, 0.1) is 11.2 Å². The standard InChI is InChI=1S/C16H25FN2O/c1-16(2,3)6-7-18-8-10-19(11-9-18)13-4-5-15(20)14(17)12-13/h4-5,12,20H,6-11H2,1-3H3. The van der Waals surface area contributed by atoms with Gasteiger partial charge in [-0.1, -0.05) is 20.8 Å². The number of phenolic OH excluding ortho intramolecular Hbond substituents is 1. The molecule has 0 spiro atoms. The van der Waals surface area contributed by atoms with Gasteiger partial charge in [0.1, 0.15) is 0 Å². The Hall–Kier alpha value is -1.29. The summed E-state index contributed by atoms with van der Waals surface area (Å²) in [5.74, 6) is -0.824. The molecule has 20 heavy (non-hydrogen) atoms. The highest BCUT2D eigenvalue weighted by Gasteiger charge is 2.19. The number of anilines is 1. The normalized spacial score (nSPS) is 17.5. The maximum absolute atomic E-state index is 13.4. The Labute approximate surface area is 121 Å². The lowest BCUT2D eigenvalue weighted by Gasteiger charge is -2.37. The van der Waals surface area contributed by atoms with Gasteiger partial charge >= 0.3 is 0 Å². The summed E-state index contributed by atoms with van der Waals surface area (Å²) >= 11 is 0. The molecule has 0 radical (unpaired) electrons. The van der Waals surface area contributed by atoms with E-state index < -0.39 is 5.82 Å². The van der Waals surface area contributed by atoms with Crippen LogP contribution in [-0.2, 0) is 0 Å². The third-order valence-corrected chi connectivity index (χ3v) is 3.85. The molecule has 1 aliphatic rings. The van der Waals surface area contributed by atoms with Crippen molar-refractivity contribution in [1.29, 1.82) is 0 Å². The molecule has 0 aromatic heterocycles. The fourth-order valence-corrected chi connectivity index (χ4v) is 2.42. The van der Waals surface area contributed by atoms with Crippen molar-refractivity contribution in [2.24, 2.45) is 5.41 Å². The van der Waals surface area contributed by atoms with Gasteiger partial charge in [-0.3, -0.25) is 4.90 Å². The van der Waals surface area contributed by atoms with Crippen molar-refractivity contribution in [3.05, 3.63) is 24.0 Å². The molecule has 1 fully saturated rings. The highest BCUT2D eigenvalue weighted by atomic mass is 19.1. The quantitative estimate of drug-likeness (QED) is 0.921. The van der Waals surface area contributed by atoms with Gasteiger partial charge in [0.2, 0.25) is 0 Å². The van der Waals surface area contributed by atoms with Crippen LogP contribution in [-0.4, -0.2) is 42.7 Å². The van der Waals surface area contributed by atoms with E-state index in [4.69, 9.17) is 0 Å². The fraction of sp³-hybridized carbons (Fsp3) is 0.625.